The maximum absolute atomic E-state index is 13.7. The lowest BCUT2D eigenvalue weighted by Crippen LogP contribution is -2.16. The Balaban J connectivity index is 1.34. The van der Waals surface area contributed by atoms with E-state index in [9.17, 15) is 34.5 Å². The maximum atomic E-state index is 13.7. The third-order valence-corrected chi connectivity index (χ3v) is 9.51. The molecule has 4 aromatic carbocycles. The van der Waals surface area contributed by atoms with Crippen molar-refractivity contribution >= 4 is 67.7 Å². The van der Waals surface area contributed by atoms with E-state index in [0.717, 1.165) is 22.7 Å². The number of hydrogen-bond donors (Lipinski definition) is 6. The van der Waals surface area contributed by atoms with Crippen molar-refractivity contribution in [3.63, 3.8) is 0 Å². The summed E-state index contributed by atoms with van der Waals surface area (Å²) in [5, 5.41) is 38.3. The Morgan fingerprint density at radius 3 is 2.11 bits per heavy atom. The summed E-state index contributed by atoms with van der Waals surface area (Å²) in [6.07, 6.45) is 1.69. The molecule has 0 spiro atoms. The highest BCUT2D eigenvalue weighted by Gasteiger charge is 2.27. The average molecular weight is 732 g/mol. The minimum absolute atomic E-state index is 0.0932. The number of para-hydroxylation sites is 2. The molecule has 13 heteroatoms. The first-order valence-corrected chi connectivity index (χ1v) is 16.9. The molecule has 55 heavy (non-hydrogen) atoms. The zero-order chi connectivity index (χ0) is 38.4. The molecule has 3 heterocycles. The highest BCUT2D eigenvalue weighted by atomic mass is 16.4. The standard InChI is InChI=1S/C42H29N5O8/c43-30-14-12-25-35(24-11-9-23(40(49)50)18-27(24)41(51)52)26-13-16-34(48)29(20-46-32-8-2-5-22-10-15-33(42(53)54)47-37(22)32)39(26)55-38(25)28(30)19-45-31-7-1-4-21-6-3-17-44-36(21)31/h1-18,45-46H,19-20,43H2,(H,49,50)(H,51,52)(H,53,54). The van der Waals surface area contributed by atoms with Gasteiger partial charge >= 0.3 is 17.9 Å². The lowest BCUT2D eigenvalue weighted by atomic mass is 9.87. The molecule has 2 aromatic heterocycles. The van der Waals surface area contributed by atoms with Crippen molar-refractivity contribution < 1.29 is 34.1 Å². The number of pyridine rings is 2. The van der Waals surface area contributed by atoms with E-state index in [1.807, 2.05) is 30.3 Å². The molecule has 0 fully saturated rings. The van der Waals surface area contributed by atoms with Crippen LogP contribution in [0.3, 0.4) is 0 Å². The molecule has 13 nitrogen and oxygen atoms in total. The van der Waals surface area contributed by atoms with Crippen LogP contribution in [0.1, 0.15) is 42.3 Å². The van der Waals surface area contributed by atoms with E-state index in [0.29, 0.717) is 44.4 Å². The summed E-state index contributed by atoms with van der Waals surface area (Å²) in [5.74, 6) is -3.70. The number of carbonyl (C=O) groups is 3. The number of benzene rings is 5. The van der Waals surface area contributed by atoms with Crippen molar-refractivity contribution in [1.29, 1.82) is 0 Å². The van der Waals surface area contributed by atoms with Crippen LogP contribution in [0, 0.1) is 0 Å². The number of carboxylic acid groups (broad SMARTS) is 3. The van der Waals surface area contributed by atoms with Gasteiger partial charge in [0, 0.05) is 57.8 Å². The summed E-state index contributed by atoms with van der Waals surface area (Å²) in [6, 6.07) is 28.0. The summed E-state index contributed by atoms with van der Waals surface area (Å²) < 4.78 is 6.69. The van der Waals surface area contributed by atoms with Crippen LogP contribution in [0.5, 0.6) is 0 Å². The first-order valence-electron chi connectivity index (χ1n) is 16.9. The highest BCUT2D eigenvalue weighted by molar-refractivity contribution is 6.10. The van der Waals surface area contributed by atoms with Gasteiger partial charge in [0.25, 0.3) is 0 Å². The van der Waals surface area contributed by atoms with Gasteiger partial charge in [0.1, 0.15) is 17.0 Å². The number of nitrogens with two attached hydrogens (primary N) is 1. The topological polar surface area (TPSA) is 218 Å². The molecule has 0 atom stereocenters. The van der Waals surface area contributed by atoms with Gasteiger partial charge in [0.2, 0.25) is 0 Å². The van der Waals surface area contributed by atoms with Crippen molar-refractivity contribution in [3.05, 3.63) is 147 Å². The van der Waals surface area contributed by atoms with Crippen LogP contribution < -0.4 is 21.8 Å². The minimum atomic E-state index is -1.35. The molecule has 0 bridgehead atoms. The van der Waals surface area contributed by atoms with Gasteiger partial charge in [-0.2, -0.15) is 0 Å². The third kappa shape index (κ3) is 6.14. The van der Waals surface area contributed by atoms with Crippen LogP contribution in [0.25, 0.3) is 55.2 Å². The summed E-state index contributed by atoms with van der Waals surface area (Å²) in [5.41, 5.74) is 10.2. The molecule has 270 valence electrons. The first kappa shape index (κ1) is 34.3. The van der Waals surface area contributed by atoms with Gasteiger partial charge in [-0.1, -0.05) is 42.5 Å². The van der Waals surface area contributed by atoms with Crippen LogP contribution >= 0.6 is 0 Å². The third-order valence-electron chi connectivity index (χ3n) is 9.51. The normalized spacial score (nSPS) is 11.3. The van der Waals surface area contributed by atoms with Gasteiger partial charge in [-0.3, -0.25) is 9.78 Å². The molecule has 1 aliphatic heterocycles. The number of fused-ring (bicyclic) bond motifs is 4. The lowest BCUT2D eigenvalue weighted by Gasteiger charge is -2.21. The molecule has 0 saturated heterocycles. The molecular weight excluding hydrogens is 702 g/mol. The van der Waals surface area contributed by atoms with E-state index in [-0.39, 0.29) is 52.4 Å². The molecule has 7 N–H and O–H groups in total. The van der Waals surface area contributed by atoms with Crippen molar-refractivity contribution in [2.24, 2.45) is 0 Å². The van der Waals surface area contributed by atoms with E-state index >= 15 is 0 Å². The lowest BCUT2D eigenvalue weighted by molar-refractivity contribution is 0.0679. The zero-order valence-electron chi connectivity index (χ0n) is 28.7. The average Bonchev–Trinajstić information content (AvgIpc) is 3.18. The fourth-order valence-corrected chi connectivity index (χ4v) is 6.86. The Labute approximate surface area is 310 Å². The van der Waals surface area contributed by atoms with Crippen LogP contribution in [0.4, 0.5) is 17.1 Å². The van der Waals surface area contributed by atoms with E-state index < -0.39 is 23.3 Å². The fourth-order valence-electron chi connectivity index (χ4n) is 6.86. The van der Waals surface area contributed by atoms with Gasteiger partial charge in [0.15, 0.2) is 5.43 Å². The number of anilines is 3. The van der Waals surface area contributed by atoms with Gasteiger partial charge in [-0.05, 0) is 66.2 Å². The Kier molecular flexibility index (Phi) is 8.50. The second kappa shape index (κ2) is 13.6. The van der Waals surface area contributed by atoms with Crippen LogP contribution in [-0.2, 0) is 13.1 Å². The molecule has 1 aliphatic carbocycles. The largest absolute Gasteiger partial charge is 0.478 e. The second-order valence-electron chi connectivity index (χ2n) is 12.7. The van der Waals surface area contributed by atoms with Gasteiger partial charge < -0.3 is 36.1 Å². The summed E-state index contributed by atoms with van der Waals surface area (Å²) in [7, 11) is 0. The number of rotatable bonds is 10. The number of carboxylic acids is 3. The van der Waals surface area contributed by atoms with Crippen molar-refractivity contribution in [3.8, 4) is 22.5 Å². The summed E-state index contributed by atoms with van der Waals surface area (Å²) in [4.78, 5) is 58.9. The quantitative estimate of drug-likeness (QED) is 0.0592. The summed E-state index contributed by atoms with van der Waals surface area (Å²) >= 11 is 0. The Bertz CT molecular complexity index is 2920. The van der Waals surface area contributed by atoms with E-state index in [4.69, 9.17) is 10.2 Å². The van der Waals surface area contributed by atoms with Crippen molar-refractivity contribution in [2.45, 2.75) is 13.1 Å². The minimum Gasteiger partial charge on any atom is -0.478 e. The van der Waals surface area contributed by atoms with E-state index in [1.165, 1.54) is 24.3 Å². The van der Waals surface area contributed by atoms with Crippen molar-refractivity contribution in [1.82, 2.24) is 9.97 Å². The highest BCUT2D eigenvalue weighted by Crippen LogP contribution is 2.44. The molecule has 2 aliphatic rings. The smallest absolute Gasteiger partial charge is 0.354 e. The van der Waals surface area contributed by atoms with Crippen LogP contribution in [0.2, 0.25) is 0 Å². The monoisotopic (exact) mass is 731 g/mol. The SMILES string of the molecule is Nc1ccc2c(-c3ccc(C(=O)O)cc3C(=O)O)c3ccc(=O)c(CNc4cccc5ccc(C(=O)O)nc45)c-3oc2c1CNc1cccc2cccnc12. The first-order chi connectivity index (χ1) is 26.6. The van der Waals surface area contributed by atoms with Gasteiger partial charge in [0.05, 0.1) is 39.1 Å². The predicted octanol–water partition coefficient (Wildman–Crippen LogP) is 7.56. The van der Waals surface area contributed by atoms with E-state index in [1.54, 1.807) is 48.7 Å². The van der Waals surface area contributed by atoms with Gasteiger partial charge in [-0.15, -0.1) is 0 Å². The fraction of sp³-hybridized carbons (Fsp3) is 0.0476. The Morgan fingerprint density at radius 1 is 0.691 bits per heavy atom. The second-order valence-corrected chi connectivity index (χ2v) is 12.7. The predicted molar refractivity (Wildman–Crippen MR) is 208 cm³/mol. The molecular formula is C42H29N5O8. The Morgan fingerprint density at radius 2 is 1.38 bits per heavy atom. The van der Waals surface area contributed by atoms with Gasteiger partial charge in [-0.25, -0.2) is 19.4 Å². The molecule has 0 unspecified atom stereocenters. The molecule has 0 amide bonds. The van der Waals surface area contributed by atoms with Crippen molar-refractivity contribution in [2.75, 3.05) is 16.4 Å². The summed E-state index contributed by atoms with van der Waals surface area (Å²) in [6.45, 7) is 0.0549. The zero-order valence-corrected chi connectivity index (χ0v) is 28.7. The number of nitrogen functional groups attached to an aromatic ring is 1. The number of hydrogen-bond acceptors (Lipinski definition) is 10. The number of nitrogens with zero attached hydrogens (tertiary/aromatic N) is 2. The molecule has 6 aromatic rings. The molecule has 0 saturated carbocycles. The maximum Gasteiger partial charge on any atom is 0.354 e. The molecule has 0 radical (unpaired) electrons. The number of aromatic nitrogens is 2. The molecule has 8 rings (SSSR count). The number of nitrogens with one attached hydrogen (secondary N) is 2. The van der Waals surface area contributed by atoms with Crippen LogP contribution in [0.15, 0.2) is 119 Å². The Hall–Kier alpha value is -7.80. The van der Waals surface area contributed by atoms with Crippen LogP contribution in [-0.4, -0.2) is 43.2 Å². The number of aromatic carboxylic acids is 3. The van der Waals surface area contributed by atoms with E-state index in [2.05, 4.69) is 20.6 Å².